The Hall–Kier alpha value is -1.91. The predicted molar refractivity (Wildman–Crippen MR) is 97.6 cm³/mol. The van der Waals surface area contributed by atoms with E-state index in [-0.39, 0.29) is 28.2 Å². The van der Waals surface area contributed by atoms with E-state index in [0.29, 0.717) is 0 Å². The van der Waals surface area contributed by atoms with E-state index in [1.807, 2.05) is 12.1 Å². The summed E-state index contributed by atoms with van der Waals surface area (Å²) in [6.45, 7) is 2.81. The highest BCUT2D eigenvalue weighted by molar-refractivity contribution is 6.33. The molecule has 0 bridgehead atoms. The Kier molecular flexibility index (Phi) is 4.26. The van der Waals surface area contributed by atoms with Gasteiger partial charge in [0, 0.05) is 25.6 Å². The van der Waals surface area contributed by atoms with E-state index < -0.39 is 0 Å². The summed E-state index contributed by atoms with van der Waals surface area (Å²) in [5.74, 6) is 0.655. The van der Waals surface area contributed by atoms with Crippen molar-refractivity contribution in [1.29, 1.82) is 0 Å². The maximum atomic E-state index is 10.1. The van der Waals surface area contributed by atoms with Gasteiger partial charge in [-0.1, -0.05) is 23.7 Å². The lowest BCUT2D eigenvalue weighted by molar-refractivity contribution is 0.265. The normalized spacial score (nSPS) is 20.9. The van der Waals surface area contributed by atoms with Crippen LogP contribution in [0.15, 0.2) is 30.3 Å². The lowest BCUT2D eigenvalue weighted by Gasteiger charge is -2.25. The summed E-state index contributed by atoms with van der Waals surface area (Å²) in [5.41, 5.74) is 2.94. The van der Waals surface area contributed by atoms with Gasteiger partial charge in [-0.25, -0.2) is 0 Å². The molecule has 0 spiro atoms. The maximum Gasteiger partial charge on any atom is 0.176 e. The second kappa shape index (κ2) is 6.43. The molecule has 25 heavy (non-hydrogen) atoms. The Labute approximate surface area is 152 Å². The Morgan fingerprint density at radius 1 is 1.08 bits per heavy atom. The third-order valence-electron chi connectivity index (χ3n) is 5.36. The van der Waals surface area contributed by atoms with Crippen LogP contribution < -0.4 is 0 Å². The molecule has 4 rings (SSSR count). The predicted octanol–water partition coefficient (Wildman–Crippen LogP) is 3.86. The third kappa shape index (κ3) is 3.29. The molecule has 1 atom stereocenters. The monoisotopic (exact) mass is 359 g/mol. The van der Waals surface area contributed by atoms with Crippen LogP contribution in [0.2, 0.25) is 5.02 Å². The van der Waals surface area contributed by atoms with Gasteiger partial charge in [0.25, 0.3) is 0 Å². The van der Waals surface area contributed by atoms with Crippen molar-refractivity contribution in [2.24, 2.45) is 5.92 Å². The molecule has 2 aliphatic rings. The number of fused-ring (bicyclic) bond motifs is 1. The van der Waals surface area contributed by atoms with Crippen LogP contribution in [-0.2, 0) is 6.42 Å². The molecule has 1 aliphatic heterocycles. The number of benzene rings is 2. The molecule has 132 valence electrons. The molecule has 0 amide bonds. The molecule has 1 heterocycles. The van der Waals surface area contributed by atoms with Crippen LogP contribution in [0.5, 0.6) is 17.2 Å². The largest absolute Gasteiger partial charge is 0.508 e. The topological polar surface area (TPSA) is 63.9 Å². The molecular formula is C20H22ClNO3. The van der Waals surface area contributed by atoms with Gasteiger partial charge in [-0.3, -0.25) is 0 Å². The third-order valence-corrected chi connectivity index (χ3v) is 5.77. The Morgan fingerprint density at radius 3 is 2.48 bits per heavy atom. The lowest BCUT2D eigenvalue weighted by atomic mass is 9.87. The van der Waals surface area contributed by atoms with E-state index in [1.165, 1.54) is 12.8 Å². The highest BCUT2D eigenvalue weighted by atomic mass is 35.5. The molecule has 5 heteroatoms. The average Bonchev–Trinajstić information content (AvgIpc) is 3.42. The summed E-state index contributed by atoms with van der Waals surface area (Å²) in [6.07, 6.45) is 3.36. The highest BCUT2D eigenvalue weighted by Crippen LogP contribution is 2.44. The number of aromatic hydroxyl groups is 3. The molecule has 1 aliphatic carbocycles. The van der Waals surface area contributed by atoms with Gasteiger partial charge < -0.3 is 20.2 Å². The first-order chi connectivity index (χ1) is 12.0. The van der Waals surface area contributed by atoms with Crippen molar-refractivity contribution in [1.82, 2.24) is 4.90 Å². The molecule has 4 nitrogen and oxygen atoms in total. The fraction of sp³-hybridized carbons (Fsp3) is 0.400. The number of hydrogen-bond acceptors (Lipinski definition) is 4. The van der Waals surface area contributed by atoms with Gasteiger partial charge in [-0.2, -0.15) is 0 Å². The van der Waals surface area contributed by atoms with Crippen molar-refractivity contribution >= 4 is 11.6 Å². The number of phenolic OH excluding ortho intramolecular Hbond substituents is 3. The first kappa shape index (κ1) is 16.6. The fourth-order valence-corrected chi connectivity index (χ4v) is 4.09. The average molecular weight is 360 g/mol. The van der Waals surface area contributed by atoms with Crippen LogP contribution in [-0.4, -0.2) is 39.9 Å². The zero-order chi connectivity index (χ0) is 17.6. The van der Waals surface area contributed by atoms with Gasteiger partial charge in [-0.05, 0) is 60.1 Å². The summed E-state index contributed by atoms with van der Waals surface area (Å²) >= 11 is 6.36. The Balaban J connectivity index is 1.78. The van der Waals surface area contributed by atoms with Crippen LogP contribution in [0, 0.1) is 5.92 Å². The maximum absolute atomic E-state index is 10.1. The second-order valence-corrected chi connectivity index (χ2v) is 7.60. The minimum Gasteiger partial charge on any atom is -0.508 e. The van der Waals surface area contributed by atoms with Crippen molar-refractivity contribution in [3.63, 3.8) is 0 Å². The van der Waals surface area contributed by atoms with Crippen molar-refractivity contribution in [3.05, 3.63) is 52.0 Å². The van der Waals surface area contributed by atoms with Crippen molar-refractivity contribution < 1.29 is 15.3 Å². The van der Waals surface area contributed by atoms with E-state index in [1.54, 1.807) is 18.2 Å². The Bertz CT molecular complexity index is 787. The molecule has 0 radical (unpaired) electrons. The van der Waals surface area contributed by atoms with E-state index in [0.717, 1.165) is 48.7 Å². The second-order valence-electron chi connectivity index (χ2n) is 7.22. The van der Waals surface area contributed by atoms with E-state index in [2.05, 4.69) is 4.90 Å². The molecule has 0 saturated heterocycles. The van der Waals surface area contributed by atoms with Gasteiger partial charge in [0.05, 0.1) is 5.02 Å². The van der Waals surface area contributed by atoms with E-state index in [9.17, 15) is 15.3 Å². The molecule has 1 unspecified atom stereocenters. The van der Waals surface area contributed by atoms with Gasteiger partial charge >= 0.3 is 0 Å². The molecule has 0 aromatic heterocycles. The zero-order valence-electron chi connectivity index (χ0n) is 14.0. The minimum absolute atomic E-state index is 0.0425. The van der Waals surface area contributed by atoms with Crippen LogP contribution in [0.4, 0.5) is 0 Å². The lowest BCUT2D eigenvalue weighted by Crippen LogP contribution is -2.30. The van der Waals surface area contributed by atoms with Crippen molar-refractivity contribution in [3.8, 4) is 17.2 Å². The molecule has 1 saturated carbocycles. The molecule has 2 aromatic carbocycles. The summed E-state index contributed by atoms with van der Waals surface area (Å²) in [7, 11) is 0. The van der Waals surface area contributed by atoms with E-state index >= 15 is 0 Å². The summed E-state index contributed by atoms with van der Waals surface area (Å²) in [4.78, 5) is 2.46. The number of nitrogens with zero attached hydrogens (tertiary/aromatic N) is 1. The van der Waals surface area contributed by atoms with Gasteiger partial charge in [0.2, 0.25) is 0 Å². The summed E-state index contributed by atoms with van der Waals surface area (Å²) < 4.78 is 0. The summed E-state index contributed by atoms with van der Waals surface area (Å²) in [5, 5.41) is 30.0. The minimum atomic E-state index is -0.236. The van der Waals surface area contributed by atoms with Crippen LogP contribution in [0.25, 0.3) is 0 Å². The van der Waals surface area contributed by atoms with Crippen LogP contribution in [0.1, 0.15) is 35.4 Å². The van der Waals surface area contributed by atoms with Crippen molar-refractivity contribution in [2.75, 3.05) is 19.6 Å². The molecule has 1 fully saturated rings. The first-order valence-corrected chi connectivity index (χ1v) is 9.15. The van der Waals surface area contributed by atoms with Gasteiger partial charge in [0.15, 0.2) is 11.5 Å². The number of phenols is 3. The zero-order valence-corrected chi connectivity index (χ0v) is 14.7. The first-order valence-electron chi connectivity index (χ1n) is 8.77. The fourth-order valence-electron chi connectivity index (χ4n) is 3.79. The number of hydrogen-bond donors (Lipinski definition) is 3. The van der Waals surface area contributed by atoms with E-state index in [4.69, 9.17) is 11.6 Å². The van der Waals surface area contributed by atoms with Crippen molar-refractivity contribution in [2.45, 2.75) is 25.2 Å². The SMILES string of the molecule is Oc1ccc(C2CN(CC3CC3)CCc3c2cc(O)c(O)c3Cl)cc1. The van der Waals surface area contributed by atoms with Gasteiger partial charge in [0.1, 0.15) is 5.75 Å². The molecule has 2 aromatic rings. The quantitative estimate of drug-likeness (QED) is 0.728. The number of rotatable bonds is 3. The standard InChI is InChI=1S/C20H22ClNO3/c21-19-15-7-8-22(10-12-1-2-12)11-17(13-3-5-14(23)6-4-13)16(15)9-18(24)20(19)25/h3-6,9,12,17,23-25H,1-2,7-8,10-11H2. The van der Waals surface area contributed by atoms with Gasteiger partial charge in [-0.15, -0.1) is 0 Å². The van der Waals surface area contributed by atoms with Crippen LogP contribution >= 0.6 is 11.6 Å². The summed E-state index contributed by atoms with van der Waals surface area (Å²) in [6, 6.07) is 8.86. The van der Waals surface area contributed by atoms with Crippen LogP contribution in [0.3, 0.4) is 0 Å². The number of halogens is 1. The smallest absolute Gasteiger partial charge is 0.176 e. The highest BCUT2D eigenvalue weighted by Gasteiger charge is 2.31. The molecule has 3 N–H and O–H groups in total. The Morgan fingerprint density at radius 2 is 1.80 bits per heavy atom. The molecular weight excluding hydrogens is 338 g/mol.